The lowest BCUT2D eigenvalue weighted by Crippen LogP contribution is -2.26. The van der Waals surface area contributed by atoms with E-state index in [1.807, 2.05) is 0 Å². The van der Waals surface area contributed by atoms with Crippen molar-refractivity contribution >= 4 is 17.3 Å². The van der Waals surface area contributed by atoms with Gasteiger partial charge >= 0.3 is 5.69 Å². The van der Waals surface area contributed by atoms with Crippen LogP contribution in [0.4, 0.5) is 15.8 Å². The summed E-state index contributed by atoms with van der Waals surface area (Å²) in [6.07, 6.45) is 0. The number of hydrogen-bond acceptors (Lipinski definition) is 4. The van der Waals surface area contributed by atoms with Crippen molar-refractivity contribution in [1.82, 2.24) is 0 Å². The monoisotopic (exact) mass is 241 g/mol. The molecule has 0 aromatic heterocycles. The summed E-state index contributed by atoms with van der Waals surface area (Å²) in [6.45, 7) is 1.79. The van der Waals surface area contributed by atoms with Crippen LogP contribution in [0.5, 0.6) is 0 Å². The largest absolute Gasteiger partial charge is 0.330 e. The number of rotatable bonds is 4. The molecular formula is C10H12FN3O3. The molecule has 92 valence electrons. The fraction of sp³-hybridized carbons (Fsp3) is 0.300. The van der Waals surface area contributed by atoms with Crippen molar-refractivity contribution in [2.45, 2.75) is 6.92 Å². The number of nitrogens with one attached hydrogen (secondary N) is 1. The van der Waals surface area contributed by atoms with Crippen LogP contribution in [0.2, 0.25) is 0 Å². The molecule has 0 bridgehead atoms. The molecule has 0 aliphatic rings. The van der Waals surface area contributed by atoms with E-state index in [-0.39, 0.29) is 18.1 Å². The number of hydrogen-bond donors (Lipinski definition) is 2. The van der Waals surface area contributed by atoms with Crippen molar-refractivity contribution in [3.05, 3.63) is 34.1 Å². The number of anilines is 1. The summed E-state index contributed by atoms with van der Waals surface area (Å²) in [5, 5.41) is 12.8. The van der Waals surface area contributed by atoms with Crippen molar-refractivity contribution in [2.24, 2.45) is 11.7 Å². The Morgan fingerprint density at radius 3 is 2.76 bits per heavy atom. The second kappa shape index (κ2) is 5.35. The summed E-state index contributed by atoms with van der Waals surface area (Å²) in [7, 11) is 0. The van der Waals surface area contributed by atoms with E-state index in [1.54, 1.807) is 6.92 Å². The SMILES string of the molecule is CC(CN)C(=O)Nc1ccc([N+](=O)[O-])c(F)c1. The first-order valence-corrected chi connectivity index (χ1v) is 4.90. The van der Waals surface area contributed by atoms with E-state index in [4.69, 9.17) is 5.73 Å². The van der Waals surface area contributed by atoms with Gasteiger partial charge in [0, 0.05) is 30.3 Å². The third kappa shape index (κ3) is 3.22. The minimum absolute atomic E-state index is 0.165. The quantitative estimate of drug-likeness (QED) is 0.612. The first-order chi connectivity index (χ1) is 7.95. The Hall–Kier alpha value is -2.02. The minimum Gasteiger partial charge on any atom is -0.330 e. The van der Waals surface area contributed by atoms with Gasteiger partial charge in [-0.3, -0.25) is 14.9 Å². The van der Waals surface area contributed by atoms with E-state index in [1.165, 1.54) is 6.07 Å². The van der Waals surface area contributed by atoms with E-state index < -0.39 is 22.3 Å². The molecule has 1 amide bonds. The van der Waals surface area contributed by atoms with Crippen LogP contribution in [0.15, 0.2) is 18.2 Å². The van der Waals surface area contributed by atoms with Crippen LogP contribution < -0.4 is 11.1 Å². The second-order valence-corrected chi connectivity index (χ2v) is 3.55. The number of carbonyl (C=O) groups excluding carboxylic acids is 1. The molecule has 0 aliphatic carbocycles. The van der Waals surface area contributed by atoms with Gasteiger partial charge in [-0.1, -0.05) is 6.92 Å². The van der Waals surface area contributed by atoms with E-state index in [9.17, 15) is 19.3 Å². The number of nitro groups is 1. The molecule has 1 rings (SSSR count). The van der Waals surface area contributed by atoms with Crippen LogP contribution in [-0.2, 0) is 4.79 Å². The van der Waals surface area contributed by atoms with Crippen LogP contribution in [0.1, 0.15) is 6.92 Å². The predicted molar refractivity (Wildman–Crippen MR) is 59.9 cm³/mol. The minimum atomic E-state index is -0.992. The average molecular weight is 241 g/mol. The van der Waals surface area contributed by atoms with Crippen molar-refractivity contribution in [1.29, 1.82) is 0 Å². The average Bonchev–Trinajstić information content (AvgIpc) is 2.27. The Morgan fingerprint density at radius 2 is 2.29 bits per heavy atom. The maximum atomic E-state index is 13.2. The summed E-state index contributed by atoms with van der Waals surface area (Å²) >= 11 is 0. The Morgan fingerprint density at radius 1 is 1.65 bits per heavy atom. The molecule has 0 aliphatic heterocycles. The van der Waals surface area contributed by atoms with Gasteiger partial charge in [-0.25, -0.2) is 0 Å². The fourth-order valence-corrected chi connectivity index (χ4v) is 1.11. The summed E-state index contributed by atoms with van der Waals surface area (Å²) < 4.78 is 13.2. The highest BCUT2D eigenvalue weighted by molar-refractivity contribution is 5.92. The van der Waals surface area contributed by atoms with Crippen LogP contribution in [0.3, 0.4) is 0 Å². The van der Waals surface area contributed by atoms with E-state index >= 15 is 0 Å². The smallest absolute Gasteiger partial charge is 0.304 e. The Labute approximate surface area is 96.8 Å². The summed E-state index contributed by atoms with van der Waals surface area (Å²) in [5.41, 5.74) is 4.83. The van der Waals surface area contributed by atoms with Crippen LogP contribution in [-0.4, -0.2) is 17.4 Å². The fourth-order valence-electron chi connectivity index (χ4n) is 1.11. The van der Waals surface area contributed by atoms with Gasteiger partial charge in [-0.15, -0.1) is 0 Å². The lowest BCUT2D eigenvalue weighted by atomic mass is 10.1. The van der Waals surface area contributed by atoms with E-state index in [0.29, 0.717) is 0 Å². The van der Waals surface area contributed by atoms with Crippen LogP contribution in [0.25, 0.3) is 0 Å². The first-order valence-electron chi connectivity index (χ1n) is 4.90. The summed E-state index contributed by atoms with van der Waals surface area (Å²) in [6, 6.07) is 3.17. The molecule has 0 saturated heterocycles. The molecule has 17 heavy (non-hydrogen) atoms. The van der Waals surface area contributed by atoms with Crippen molar-refractivity contribution < 1.29 is 14.1 Å². The van der Waals surface area contributed by atoms with Gasteiger partial charge in [0.2, 0.25) is 11.7 Å². The summed E-state index contributed by atoms with van der Waals surface area (Å²) in [4.78, 5) is 21.0. The standard InChI is InChI=1S/C10H12FN3O3/c1-6(5-12)10(15)13-7-2-3-9(14(16)17)8(11)4-7/h2-4,6H,5,12H2,1H3,(H,13,15). The van der Waals surface area contributed by atoms with Crippen LogP contribution in [0, 0.1) is 21.8 Å². The van der Waals surface area contributed by atoms with Gasteiger partial charge in [0.05, 0.1) is 4.92 Å². The summed E-state index contributed by atoms with van der Waals surface area (Å²) in [5.74, 6) is -1.76. The molecule has 1 aromatic rings. The Bertz CT molecular complexity index is 450. The lowest BCUT2D eigenvalue weighted by molar-refractivity contribution is -0.387. The molecule has 1 atom stereocenters. The highest BCUT2D eigenvalue weighted by Gasteiger charge is 2.16. The number of halogens is 1. The van der Waals surface area contributed by atoms with Gasteiger partial charge in [0.25, 0.3) is 0 Å². The van der Waals surface area contributed by atoms with Gasteiger partial charge in [-0.2, -0.15) is 4.39 Å². The highest BCUT2D eigenvalue weighted by atomic mass is 19.1. The zero-order chi connectivity index (χ0) is 13.0. The molecule has 3 N–H and O–H groups in total. The molecule has 0 saturated carbocycles. The zero-order valence-corrected chi connectivity index (χ0v) is 9.14. The molecule has 1 unspecified atom stereocenters. The zero-order valence-electron chi connectivity index (χ0n) is 9.14. The Balaban J connectivity index is 2.84. The molecule has 0 radical (unpaired) electrons. The van der Waals surface area contributed by atoms with Crippen molar-refractivity contribution in [2.75, 3.05) is 11.9 Å². The number of nitrogens with zero attached hydrogens (tertiary/aromatic N) is 1. The number of amides is 1. The molecular weight excluding hydrogens is 229 g/mol. The third-order valence-corrected chi connectivity index (χ3v) is 2.21. The lowest BCUT2D eigenvalue weighted by Gasteiger charge is -2.09. The number of nitro benzene ring substituents is 1. The molecule has 6 nitrogen and oxygen atoms in total. The number of nitrogens with two attached hydrogens (primary N) is 1. The topological polar surface area (TPSA) is 98.3 Å². The highest BCUT2D eigenvalue weighted by Crippen LogP contribution is 2.21. The number of carbonyl (C=O) groups is 1. The van der Waals surface area contributed by atoms with E-state index in [2.05, 4.69) is 5.32 Å². The van der Waals surface area contributed by atoms with Crippen molar-refractivity contribution in [3.8, 4) is 0 Å². The molecule has 7 heteroatoms. The molecule has 0 spiro atoms. The second-order valence-electron chi connectivity index (χ2n) is 3.55. The maximum Gasteiger partial charge on any atom is 0.304 e. The van der Waals surface area contributed by atoms with Gasteiger partial charge < -0.3 is 11.1 Å². The van der Waals surface area contributed by atoms with Gasteiger partial charge in [0.1, 0.15) is 0 Å². The predicted octanol–water partition coefficient (Wildman–Crippen LogP) is 1.27. The first kappa shape index (κ1) is 13.0. The van der Waals surface area contributed by atoms with Gasteiger partial charge in [-0.05, 0) is 6.07 Å². The van der Waals surface area contributed by atoms with Crippen LogP contribution >= 0.6 is 0 Å². The maximum absolute atomic E-state index is 13.2. The Kier molecular flexibility index (Phi) is 4.11. The molecule has 0 heterocycles. The normalized spacial score (nSPS) is 11.9. The van der Waals surface area contributed by atoms with Crippen molar-refractivity contribution in [3.63, 3.8) is 0 Å². The number of benzene rings is 1. The molecule has 1 aromatic carbocycles. The molecule has 0 fully saturated rings. The van der Waals surface area contributed by atoms with Gasteiger partial charge in [0.15, 0.2) is 0 Å². The third-order valence-electron chi connectivity index (χ3n) is 2.21. The van der Waals surface area contributed by atoms with E-state index in [0.717, 1.165) is 12.1 Å².